The third-order valence-electron chi connectivity index (χ3n) is 2.38. The van der Waals surface area contributed by atoms with E-state index < -0.39 is 0 Å². The van der Waals surface area contributed by atoms with Crippen molar-refractivity contribution in [1.82, 2.24) is 4.57 Å². The molecule has 0 aliphatic heterocycles. The molecule has 2 aromatic rings. The molecule has 0 N–H and O–H groups in total. The van der Waals surface area contributed by atoms with Gasteiger partial charge in [0.2, 0.25) is 6.33 Å². The summed E-state index contributed by atoms with van der Waals surface area (Å²) in [4.78, 5) is 0. The molecule has 0 spiro atoms. The van der Waals surface area contributed by atoms with Crippen LogP contribution in [0.25, 0.3) is 5.69 Å². The first-order chi connectivity index (χ1) is 7.29. The minimum atomic E-state index is 0.930. The zero-order valence-corrected chi connectivity index (χ0v) is 8.93. The highest BCUT2D eigenvalue weighted by Crippen LogP contribution is 2.09. The predicted molar refractivity (Wildman–Crippen MR) is 60.8 cm³/mol. The van der Waals surface area contributed by atoms with Gasteiger partial charge in [0, 0.05) is 0 Å². The highest BCUT2D eigenvalue weighted by molar-refractivity contribution is 5.34. The van der Waals surface area contributed by atoms with E-state index in [9.17, 15) is 0 Å². The van der Waals surface area contributed by atoms with Crippen LogP contribution in [-0.4, -0.2) is 4.57 Å². The minimum absolute atomic E-state index is 0.930. The number of rotatable bonds is 3. The summed E-state index contributed by atoms with van der Waals surface area (Å²) < 4.78 is 4.12. The van der Waals surface area contributed by atoms with E-state index in [0.29, 0.717) is 0 Å². The van der Waals surface area contributed by atoms with Crippen LogP contribution in [0, 0.1) is 0 Å². The summed E-state index contributed by atoms with van der Waals surface area (Å²) in [5, 5.41) is 0. The van der Waals surface area contributed by atoms with Gasteiger partial charge in [0.15, 0.2) is 0 Å². The third kappa shape index (κ3) is 2.15. The molecule has 0 unspecified atom stereocenters. The van der Waals surface area contributed by atoms with Crippen LogP contribution in [0.4, 0.5) is 0 Å². The van der Waals surface area contributed by atoms with Crippen LogP contribution in [0.15, 0.2) is 55.6 Å². The Kier molecular flexibility index (Phi) is 2.68. The zero-order valence-electron chi connectivity index (χ0n) is 8.93. The lowest BCUT2D eigenvalue weighted by atomic mass is 10.1. The highest BCUT2D eigenvalue weighted by atomic mass is 15.1. The van der Waals surface area contributed by atoms with Gasteiger partial charge in [0.1, 0.15) is 18.1 Å². The molecule has 0 aliphatic carbocycles. The Morgan fingerprint density at radius 3 is 2.60 bits per heavy atom. The van der Waals surface area contributed by atoms with E-state index in [4.69, 9.17) is 0 Å². The second-order valence-corrected chi connectivity index (χ2v) is 3.65. The molecule has 0 saturated carbocycles. The van der Waals surface area contributed by atoms with Crippen molar-refractivity contribution >= 4 is 0 Å². The standard InChI is InChI=1S/C13H15N2/c1-3-4-12-5-7-13(8-6-12)15-10-9-14(2)11-15/h3,5-11H,1,4H2,2H3/q+1. The van der Waals surface area contributed by atoms with Crippen LogP contribution in [0.2, 0.25) is 0 Å². The fraction of sp³-hybridized carbons (Fsp3) is 0.154. The summed E-state index contributed by atoms with van der Waals surface area (Å²) in [5.74, 6) is 0. The van der Waals surface area contributed by atoms with E-state index in [0.717, 1.165) is 6.42 Å². The van der Waals surface area contributed by atoms with Crippen LogP contribution < -0.4 is 4.57 Å². The van der Waals surface area contributed by atoms with E-state index >= 15 is 0 Å². The Hall–Kier alpha value is -1.83. The maximum Gasteiger partial charge on any atom is 0.248 e. The van der Waals surface area contributed by atoms with E-state index in [1.165, 1.54) is 11.3 Å². The second-order valence-electron chi connectivity index (χ2n) is 3.65. The Morgan fingerprint density at radius 2 is 2.07 bits per heavy atom. The lowest BCUT2D eigenvalue weighted by Crippen LogP contribution is -2.23. The van der Waals surface area contributed by atoms with E-state index in [1.807, 2.05) is 36.4 Å². The number of hydrogen-bond donors (Lipinski definition) is 0. The fourth-order valence-electron chi connectivity index (χ4n) is 1.57. The molecular formula is C13H15N2+. The molecule has 1 heterocycles. The lowest BCUT2D eigenvalue weighted by molar-refractivity contribution is -0.670. The van der Waals surface area contributed by atoms with Crippen molar-refractivity contribution in [2.75, 3.05) is 0 Å². The van der Waals surface area contributed by atoms with Gasteiger partial charge in [-0.05, 0) is 24.1 Å². The zero-order chi connectivity index (χ0) is 10.7. The number of allylic oxidation sites excluding steroid dienone is 1. The van der Waals surface area contributed by atoms with Crippen molar-refractivity contribution in [3.05, 3.63) is 61.2 Å². The molecule has 2 rings (SSSR count). The van der Waals surface area contributed by atoms with Crippen molar-refractivity contribution in [3.63, 3.8) is 0 Å². The van der Waals surface area contributed by atoms with Crippen molar-refractivity contribution in [2.45, 2.75) is 6.42 Å². The van der Waals surface area contributed by atoms with E-state index in [-0.39, 0.29) is 0 Å². The Morgan fingerprint density at radius 1 is 1.33 bits per heavy atom. The molecule has 0 saturated heterocycles. The van der Waals surface area contributed by atoms with Crippen LogP contribution in [-0.2, 0) is 13.5 Å². The molecule has 0 atom stereocenters. The largest absolute Gasteiger partial charge is 0.248 e. The van der Waals surface area contributed by atoms with Crippen molar-refractivity contribution in [3.8, 4) is 5.69 Å². The monoisotopic (exact) mass is 199 g/mol. The molecule has 0 radical (unpaired) electrons. The summed E-state index contributed by atoms with van der Waals surface area (Å²) in [6.07, 6.45) is 8.97. The molecule has 0 fully saturated rings. The third-order valence-corrected chi connectivity index (χ3v) is 2.38. The van der Waals surface area contributed by atoms with E-state index in [2.05, 4.69) is 35.4 Å². The smallest absolute Gasteiger partial charge is 0.239 e. The van der Waals surface area contributed by atoms with Crippen LogP contribution in [0.3, 0.4) is 0 Å². The molecule has 1 aromatic heterocycles. The number of imidazole rings is 1. The molecule has 2 heteroatoms. The van der Waals surface area contributed by atoms with Gasteiger partial charge in [-0.25, -0.2) is 9.13 Å². The van der Waals surface area contributed by atoms with Crippen molar-refractivity contribution in [1.29, 1.82) is 0 Å². The molecule has 2 nitrogen and oxygen atoms in total. The van der Waals surface area contributed by atoms with Crippen LogP contribution >= 0.6 is 0 Å². The topological polar surface area (TPSA) is 8.81 Å². The Balaban J connectivity index is 2.27. The summed E-state index contributed by atoms with van der Waals surface area (Å²) in [5.41, 5.74) is 2.48. The normalized spacial score (nSPS) is 10.2. The van der Waals surface area contributed by atoms with E-state index in [1.54, 1.807) is 0 Å². The Labute approximate surface area is 90.1 Å². The first-order valence-corrected chi connectivity index (χ1v) is 5.03. The van der Waals surface area contributed by atoms with Gasteiger partial charge < -0.3 is 0 Å². The number of nitrogens with zero attached hydrogens (tertiary/aromatic N) is 2. The van der Waals surface area contributed by atoms with Gasteiger partial charge >= 0.3 is 0 Å². The van der Waals surface area contributed by atoms with Crippen molar-refractivity contribution < 1.29 is 4.57 Å². The average Bonchev–Trinajstić information content (AvgIpc) is 2.67. The van der Waals surface area contributed by atoms with Gasteiger partial charge in [-0.1, -0.05) is 18.2 Å². The highest BCUT2D eigenvalue weighted by Gasteiger charge is 2.02. The quantitative estimate of drug-likeness (QED) is 0.528. The van der Waals surface area contributed by atoms with Gasteiger partial charge in [-0.15, -0.1) is 6.58 Å². The summed E-state index contributed by atoms with van der Waals surface area (Å²) in [7, 11) is 2.02. The van der Waals surface area contributed by atoms with Gasteiger partial charge in [-0.3, -0.25) is 0 Å². The lowest BCUT2D eigenvalue weighted by Gasteiger charge is -1.98. The van der Waals surface area contributed by atoms with Gasteiger partial charge in [0.05, 0.1) is 7.05 Å². The molecule has 1 aromatic carbocycles. The molecule has 76 valence electrons. The first-order valence-electron chi connectivity index (χ1n) is 5.03. The molecule has 0 amide bonds. The summed E-state index contributed by atoms with van der Waals surface area (Å²) >= 11 is 0. The predicted octanol–water partition coefficient (Wildman–Crippen LogP) is 2.03. The number of aryl methyl sites for hydroxylation is 1. The van der Waals surface area contributed by atoms with Gasteiger partial charge in [-0.2, -0.15) is 0 Å². The number of hydrogen-bond acceptors (Lipinski definition) is 0. The maximum atomic E-state index is 3.73. The molecule has 0 bridgehead atoms. The summed E-state index contributed by atoms with van der Waals surface area (Å²) in [6, 6.07) is 8.52. The van der Waals surface area contributed by atoms with Crippen molar-refractivity contribution in [2.24, 2.45) is 7.05 Å². The average molecular weight is 199 g/mol. The summed E-state index contributed by atoms with van der Waals surface area (Å²) in [6.45, 7) is 3.73. The van der Waals surface area contributed by atoms with Crippen LogP contribution in [0.1, 0.15) is 5.56 Å². The molecule has 0 aliphatic rings. The second kappa shape index (κ2) is 4.13. The molecule has 15 heavy (non-hydrogen) atoms. The first kappa shape index (κ1) is 9.71. The maximum absolute atomic E-state index is 3.73. The minimum Gasteiger partial charge on any atom is -0.239 e. The Bertz CT molecular complexity index is 452. The fourth-order valence-corrected chi connectivity index (χ4v) is 1.57. The van der Waals surface area contributed by atoms with Crippen LogP contribution in [0.5, 0.6) is 0 Å². The van der Waals surface area contributed by atoms with Gasteiger partial charge in [0.25, 0.3) is 0 Å². The number of benzene rings is 1. The number of aromatic nitrogens is 2. The molecular weight excluding hydrogens is 184 g/mol. The SMILES string of the molecule is C=CCc1ccc(-n2cc[n+](C)c2)cc1.